The smallest absolute Gasteiger partial charge is 0.275 e. The lowest BCUT2D eigenvalue weighted by atomic mass is 10.2. The van der Waals surface area contributed by atoms with Crippen molar-refractivity contribution in [2.75, 3.05) is 13.1 Å². The van der Waals surface area contributed by atoms with Crippen LogP contribution in [-0.2, 0) is 0 Å². The maximum Gasteiger partial charge on any atom is 0.275 e. The van der Waals surface area contributed by atoms with Crippen molar-refractivity contribution < 1.29 is 4.79 Å². The van der Waals surface area contributed by atoms with Gasteiger partial charge in [0.2, 0.25) is 0 Å². The predicted molar refractivity (Wildman–Crippen MR) is 75.0 cm³/mol. The molecule has 2 atom stereocenters. The Morgan fingerprint density at radius 3 is 3.11 bits per heavy atom. The average Bonchev–Trinajstić information content (AvgIpc) is 3.11. The van der Waals surface area contributed by atoms with Crippen LogP contribution in [-0.4, -0.2) is 46.2 Å². The van der Waals surface area contributed by atoms with Gasteiger partial charge in [-0.05, 0) is 24.6 Å². The van der Waals surface area contributed by atoms with E-state index < -0.39 is 0 Å². The van der Waals surface area contributed by atoms with Crippen LogP contribution in [0.1, 0.15) is 16.9 Å². The molecule has 2 unspecified atom stereocenters. The summed E-state index contributed by atoms with van der Waals surface area (Å²) in [5.41, 5.74) is 1.43. The van der Waals surface area contributed by atoms with Crippen LogP contribution < -0.4 is 5.32 Å². The Hall–Kier alpha value is -1.40. The van der Waals surface area contributed by atoms with E-state index in [0.717, 1.165) is 34.9 Å². The van der Waals surface area contributed by atoms with E-state index in [1.807, 2.05) is 23.1 Å². The molecule has 2 bridgehead atoms. The van der Waals surface area contributed by atoms with Gasteiger partial charge < -0.3 is 10.2 Å². The van der Waals surface area contributed by atoms with E-state index in [-0.39, 0.29) is 5.91 Å². The number of carbonyl (C=O) groups is 1. The van der Waals surface area contributed by atoms with E-state index in [4.69, 9.17) is 0 Å². The fourth-order valence-corrected chi connectivity index (χ4v) is 3.46. The molecule has 0 spiro atoms. The first-order chi connectivity index (χ1) is 9.22. The zero-order valence-electron chi connectivity index (χ0n) is 10.2. The lowest BCUT2D eigenvalue weighted by Gasteiger charge is -2.26. The topological polar surface area (TPSA) is 61.0 Å². The summed E-state index contributed by atoms with van der Waals surface area (Å²) in [4.78, 5) is 14.6. The van der Waals surface area contributed by atoms with Crippen LogP contribution in [0.4, 0.5) is 0 Å². The lowest BCUT2D eigenvalue weighted by Crippen LogP contribution is -2.46. The largest absolute Gasteiger partial charge is 0.331 e. The van der Waals surface area contributed by atoms with Crippen molar-refractivity contribution in [1.29, 1.82) is 0 Å². The highest BCUT2D eigenvalue weighted by atomic mass is 79.9. The summed E-state index contributed by atoms with van der Waals surface area (Å²) in [6.45, 7) is 1.70. The minimum atomic E-state index is 0.0401. The highest BCUT2D eigenvalue weighted by Crippen LogP contribution is 2.27. The van der Waals surface area contributed by atoms with Crippen molar-refractivity contribution in [2.24, 2.45) is 0 Å². The fraction of sp³-hybridized carbons (Fsp3) is 0.385. The van der Waals surface area contributed by atoms with Gasteiger partial charge >= 0.3 is 0 Å². The van der Waals surface area contributed by atoms with Crippen LogP contribution in [0, 0.1) is 0 Å². The average molecular weight is 321 g/mol. The van der Waals surface area contributed by atoms with Crippen molar-refractivity contribution in [3.05, 3.63) is 28.4 Å². The standard InChI is InChI=1S/C13H13BrN4O/c14-7-1-2-11-10(3-7)12(17-16-11)13(19)18-6-8-4-9(18)5-15-8/h1-3,8-9,15H,4-6H2,(H,16,17). The van der Waals surface area contributed by atoms with Crippen LogP contribution >= 0.6 is 15.9 Å². The number of likely N-dealkylation sites (tertiary alicyclic amines) is 1. The number of carbonyl (C=O) groups excluding carboxylic acids is 1. The Labute approximate surface area is 118 Å². The number of hydrogen-bond acceptors (Lipinski definition) is 3. The van der Waals surface area contributed by atoms with Gasteiger partial charge in [-0.25, -0.2) is 0 Å². The van der Waals surface area contributed by atoms with Gasteiger partial charge in [0.25, 0.3) is 5.91 Å². The number of hydrogen-bond donors (Lipinski definition) is 2. The van der Waals surface area contributed by atoms with E-state index >= 15 is 0 Å². The third-order valence-corrected chi connectivity index (χ3v) is 4.54. The van der Waals surface area contributed by atoms with E-state index in [2.05, 4.69) is 31.4 Å². The monoisotopic (exact) mass is 320 g/mol. The molecule has 1 aromatic carbocycles. The SMILES string of the molecule is O=C(c1n[nH]c2ccc(Br)cc12)N1CC2CC1CN2. The third-order valence-electron chi connectivity index (χ3n) is 4.04. The molecule has 2 N–H and O–H groups in total. The van der Waals surface area contributed by atoms with Crippen molar-refractivity contribution in [2.45, 2.75) is 18.5 Å². The molecule has 2 saturated heterocycles. The highest BCUT2D eigenvalue weighted by molar-refractivity contribution is 9.10. The van der Waals surface area contributed by atoms with E-state index in [1.165, 1.54) is 0 Å². The van der Waals surface area contributed by atoms with Gasteiger partial charge in [-0.1, -0.05) is 15.9 Å². The van der Waals surface area contributed by atoms with E-state index in [1.54, 1.807) is 0 Å². The van der Waals surface area contributed by atoms with E-state index in [9.17, 15) is 4.79 Å². The molecule has 98 valence electrons. The zero-order valence-corrected chi connectivity index (χ0v) is 11.8. The van der Waals surface area contributed by atoms with Gasteiger partial charge in [-0.15, -0.1) is 0 Å². The van der Waals surface area contributed by atoms with Gasteiger partial charge in [0.1, 0.15) is 0 Å². The summed E-state index contributed by atoms with van der Waals surface area (Å²) in [6.07, 6.45) is 1.07. The molecule has 6 heteroatoms. The van der Waals surface area contributed by atoms with Gasteiger partial charge in [0.05, 0.1) is 5.52 Å². The Morgan fingerprint density at radius 1 is 1.47 bits per heavy atom. The molecule has 2 aliphatic rings. The molecule has 2 aromatic rings. The molecule has 1 amide bonds. The third kappa shape index (κ3) is 1.70. The van der Waals surface area contributed by atoms with Crippen LogP contribution in [0.3, 0.4) is 0 Å². The number of rotatable bonds is 1. The molecule has 0 saturated carbocycles. The van der Waals surface area contributed by atoms with Crippen molar-refractivity contribution >= 4 is 32.7 Å². The second-order valence-electron chi connectivity index (χ2n) is 5.21. The highest BCUT2D eigenvalue weighted by Gasteiger charge is 2.41. The van der Waals surface area contributed by atoms with Gasteiger partial charge in [0, 0.05) is 35.0 Å². The number of benzene rings is 1. The summed E-state index contributed by atoms with van der Waals surface area (Å²) in [5.74, 6) is 0.0401. The lowest BCUT2D eigenvalue weighted by molar-refractivity contribution is 0.0712. The van der Waals surface area contributed by atoms with Crippen molar-refractivity contribution in [1.82, 2.24) is 20.4 Å². The molecular formula is C13H13BrN4O. The Kier molecular flexibility index (Phi) is 2.43. The Morgan fingerprint density at radius 2 is 2.37 bits per heavy atom. The molecule has 2 fully saturated rings. The number of aromatic amines is 1. The van der Waals surface area contributed by atoms with Crippen LogP contribution in [0.25, 0.3) is 10.9 Å². The predicted octanol–water partition coefficient (Wildman–Crippen LogP) is 1.51. The summed E-state index contributed by atoms with van der Waals surface area (Å²) < 4.78 is 0.958. The molecule has 3 heterocycles. The number of amides is 1. The summed E-state index contributed by atoms with van der Waals surface area (Å²) >= 11 is 3.44. The van der Waals surface area contributed by atoms with Crippen LogP contribution in [0.2, 0.25) is 0 Å². The number of nitrogens with zero attached hydrogens (tertiary/aromatic N) is 2. The van der Waals surface area contributed by atoms with Gasteiger partial charge in [0.15, 0.2) is 5.69 Å². The zero-order chi connectivity index (χ0) is 13.0. The summed E-state index contributed by atoms with van der Waals surface area (Å²) in [7, 11) is 0. The van der Waals surface area contributed by atoms with E-state index in [0.29, 0.717) is 17.8 Å². The number of piperazine rings is 1. The normalized spacial score (nSPS) is 25.4. The first-order valence-electron chi connectivity index (χ1n) is 6.40. The fourth-order valence-electron chi connectivity index (χ4n) is 3.09. The summed E-state index contributed by atoms with van der Waals surface area (Å²) in [6, 6.07) is 6.61. The molecule has 19 heavy (non-hydrogen) atoms. The van der Waals surface area contributed by atoms with Crippen molar-refractivity contribution in [3.8, 4) is 0 Å². The Balaban J connectivity index is 1.74. The number of nitrogens with one attached hydrogen (secondary N) is 2. The first-order valence-corrected chi connectivity index (χ1v) is 7.19. The number of H-pyrrole nitrogens is 1. The van der Waals surface area contributed by atoms with Gasteiger partial charge in [-0.2, -0.15) is 5.10 Å². The van der Waals surface area contributed by atoms with Gasteiger partial charge in [-0.3, -0.25) is 9.89 Å². The molecule has 4 rings (SSSR count). The second-order valence-corrected chi connectivity index (χ2v) is 6.13. The quantitative estimate of drug-likeness (QED) is 0.837. The Bertz CT molecular complexity index is 668. The molecule has 0 aliphatic carbocycles. The second kappa shape index (κ2) is 4.05. The number of halogens is 1. The molecule has 1 aromatic heterocycles. The number of aromatic nitrogens is 2. The van der Waals surface area contributed by atoms with Crippen LogP contribution in [0.5, 0.6) is 0 Å². The maximum absolute atomic E-state index is 12.6. The molecular weight excluding hydrogens is 308 g/mol. The maximum atomic E-state index is 12.6. The minimum Gasteiger partial charge on any atom is -0.331 e. The number of fused-ring (bicyclic) bond motifs is 3. The summed E-state index contributed by atoms with van der Waals surface area (Å²) in [5, 5.41) is 11.4. The minimum absolute atomic E-state index is 0.0401. The first kappa shape index (κ1) is 11.4. The van der Waals surface area contributed by atoms with Crippen LogP contribution in [0.15, 0.2) is 22.7 Å². The molecule has 0 radical (unpaired) electrons. The molecule has 2 aliphatic heterocycles. The van der Waals surface area contributed by atoms with Crippen molar-refractivity contribution in [3.63, 3.8) is 0 Å². The molecule has 5 nitrogen and oxygen atoms in total.